The van der Waals surface area contributed by atoms with Crippen molar-refractivity contribution < 1.29 is 4.39 Å². The highest BCUT2D eigenvalue weighted by Gasteiger charge is 2.45. The van der Waals surface area contributed by atoms with Crippen LogP contribution in [0.25, 0.3) is 0 Å². The minimum atomic E-state index is -1.28. The number of alkyl halides is 1. The quantitative estimate of drug-likeness (QED) is 0.789. The van der Waals surface area contributed by atoms with Gasteiger partial charge in [0.2, 0.25) is 0 Å². The molecule has 1 heterocycles. The average molecular weight is 212 g/mol. The van der Waals surface area contributed by atoms with E-state index in [0.717, 1.165) is 19.4 Å². The van der Waals surface area contributed by atoms with Gasteiger partial charge in [-0.3, -0.25) is 4.68 Å². The van der Waals surface area contributed by atoms with E-state index in [9.17, 15) is 4.39 Å². The highest BCUT2D eigenvalue weighted by molar-refractivity contribution is 5.03. The van der Waals surface area contributed by atoms with Crippen LogP contribution in [-0.4, -0.2) is 27.0 Å². The number of hydrogen-bond donors (Lipinski definition) is 1. The van der Waals surface area contributed by atoms with Gasteiger partial charge in [0.25, 0.3) is 0 Å². The molecule has 2 rings (SSSR count). The van der Waals surface area contributed by atoms with E-state index in [0.29, 0.717) is 12.2 Å². The van der Waals surface area contributed by atoms with Crippen LogP contribution >= 0.6 is 0 Å². The van der Waals surface area contributed by atoms with E-state index < -0.39 is 5.67 Å². The summed E-state index contributed by atoms with van der Waals surface area (Å²) in [5.74, 6) is 0.835. The monoisotopic (exact) mass is 212 g/mol. The van der Waals surface area contributed by atoms with Gasteiger partial charge in [0, 0.05) is 19.5 Å². The Balaban J connectivity index is 2.12. The summed E-state index contributed by atoms with van der Waals surface area (Å²) >= 11 is 0. The van der Waals surface area contributed by atoms with Gasteiger partial charge in [-0.15, -0.1) is 0 Å². The predicted molar refractivity (Wildman–Crippen MR) is 55.0 cm³/mol. The number of nitrogens with two attached hydrogens (primary N) is 1. The van der Waals surface area contributed by atoms with E-state index >= 15 is 0 Å². The fourth-order valence-electron chi connectivity index (χ4n) is 1.94. The van der Waals surface area contributed by atoms with Crippen molar-refractivity contribution in [1.82, 2.24) is 14.8 Å². The molecule has 2 N–H and O–H groups in total. The first-order chi connectivity index (χ1) is 7.19. The van der Waals surface area contributed by atoms with Crippen LogP contribution in [0.2, 0.25) is 0 Å². The molecule has 0 saturated heterocycles. The van der Waals surface area contributed by atoms with Gasteiger partial charge in [-0.05, 0) is 25.7 Å². The topological polar surface area (TPSA) is 56.7 Å². The molecule has 0 radical (unpaired) electrons. The summed E-state index contributed by atoms with van der Waals surface area (Å²) < 4.78 is 16.1. The van der Waals surface area contributed by atoms with Crippen molar-refractivity contribution in [2.24, 2.45) is 11.7 Å². The van der Waals surface area contributed by atoms with Crippen LogP contribution in [-0.2, 0) is 13.0 Å². The molecular formula is C10H17FN4. The molecule has 84 valence electrons. The van der Waals surface area contributed by atoms with Gasteiger partial charge in [-0.2, -0.15) is 5.10 Å². The molecule has 0 aromatic carbocycles. The Morgan fingerprint density at radius 3 is 2.93 bits per heavy atom. The summed E-state index contributed by atoms with van der Waals surface area (Å²) in [7, 11) is 0. The first kappa shape index (κ1) is 10.5. The van der Waals surface area contributed by atoms with Crippen LogP contribution in [0.1, 0.15) is 25.6 Å². The summed E-state index contributed by atoms with van der Waals surface area (Å²) in [6.07, 6.45) is 3.67. The summed E-state index contributed by atoms with van der Waals surface area (Å²) in [6.45, 7) is 2.77. The van der Waals surface area contributed by atoms with Gasteiger partial charge in [0.05, 0.1) is 0 Å². The fraction of sp³-hybridized carbons (Fsp3) is 0.800. The number of halogens is 1. The lowest BCUT2D eigenvalue weighted by Gasteiger charge is -2.22. The van der Waals surface area contributed by atoms with E-state index in [1.807, 2.05) is 6.92 Å². The molecular weight excluding hydrogens is 195 g/mol. The standard InChI is InChI=1S/C10H17FN4/c1-2-15-9(13-7-14-15)5-10(11,6-12)8-3-4-8/h7-8H,2-6,12H2,1H3. The third-order valence-electron chi connectivity index (χ3n) is 3.10. The predicted octanol–water partition coefficient (Wildman–Crippen LogP) is 0.917. The zero-order valence-electron chi connectivity index (χ0n) is 8.99. The van der Waals surface area contributed by atoms with E-state index in [4.69, 9.17) is 5.73 Å². The molecule has 1 fully saturated rings. The van der Waals surface area contributed by atoms with E-state index in [1.54, 1.807) is 4.68 Å². The summed E-state index contributed by atoms with van der Waals surface area (Å²) in [5, 5.41) is 4.03. The zero-order valence-corrected chi connectivity index (χ0v) is 8.99. The van der Waals surface area contributed by atoms with Crippen molar-refractivity contribution in [3.63, 3.8) is 0 Å². The van der Waals surface area contributed by atoms with Gasteiger partial charge in [0.1, 0.15) is 17.8 Å². The van der Waals surface area contributed by atoms with Gasteiger partial charge in [0.15, 0.2) is 0 Å². The Kier molecular flexibility index (Phi) is 2.73. The third-order valence-corrected chi connectivity index (χ3v) is 3.10. The molecule has 1 aromatic heterocycles. The van der Waals surface area contributed by atoms with Crippen molar-refractivity contribution in [3.8, 4) is 0 Å². The second-order valence-corrected chi connectivity index (χ2v) is 4.18. The number of rotatable bonds is 5. The lowest BCUT2D eigenvalue weighted by molar-refractivity contribution is 0.138. The van der Waals surface area contributed by atoms with Crippen molar-refractivity contribution >= 4 is 0 Å². The SMILES string of the molecule is CCn1ncnc1CC(F)(CN)C1CC1. The van der Waals surface area contributed by atoms with Crippen molar-refractivity contribution in [2.75, 3.05) is 6.54 Å². The maximum Gasteiger partial charge on any atom is 0.138 e. The molecule has 0 aliphatic heterocycles. The Bertz CT molecular complexity index is 334. The number of nitrogens with zero attached hydrogens (tertiary/aromatic N) is 3. The molecule has 1 unspecified atom stereocenters. The Labute approximate surface area is 88.7 Å². The van der Waals surface area contributed by atoms with Crippen LogP contribution in [0.3, 0.4) is 0 Å². The zero-order chi connectivity index (χ0) is 10.9. The molecule has 5 heteroatoms. The lowest BCUT2D eigenvalue weighted by atomic mass is 9.95. The second-order valence-electron chi connectivity index (χ2n) is 4.18. The lowest BCUT2D eigenvalue weighted by Crippen LogP contribution is -2.38. The highest BCUT2D eigenvalue weighted by atomic mass is 19.1. The molecule has 1 saturated carbocycles. The normalized spacial score (nSPS) is 20.2. The summed E-state index contributed by atoms with van der Waals surface area (Å²) in [5.41, 5.74) is 4.25. The van der Waals surface area contributed by atoms with Crippen molar-refractivity contribution in [1.29, 1.82) is 0 Å². The largest absolute Gasteiger partial charge is 0.328 e. The number of aromatic nitrogens is 3. The molecule has 15 heavy (non-hydrogen) atoms. The molecule has 1 aliphatic rings. The van der Waals surface area contributed by atoms with Crippen LogP contribution in [0, 0.1) is 5.92 Å². The van der Waals surface area contributed by atoms with E-state index in [2.05, 4.69) is 10.1 Å². The van der Waals surface area contributed by atoms with Gasteiger partial charge in [-0.1, -0.05) is 0 Å². The molecule has 1 aliphatic carbocycles. The smallest absolute Gasteiger partial charge is 0.138 e. The highest BCUT2D eigenvalue weighted by Crippen LogP contribution is 2.43. The number of hydrogen-bond acceptors (Lipinski definition) is 3. The molecule has 0 spiro atoms. The Morgan fingerprint density at radius 2 is 2.40 bits per heavy atom. The first-order valence-electron chi connectivity index (χ1n) is 5.45. The third kappa shape index (κ3) is 2.02. The Morgan fingerprint density at radius 1 is 1.67 bits per heavy atom. The van der Waals surface area contributed by atoms with Crippen LogP contribution < -0.4 is 5.73 Å². The minimum Gasteiger partial charge on any atom is -0.328 e. The van der Waals surface area contributed by atoms with Crippen LogP contribution in [0.15, 0.2) is 6.33 Å². The van der Waals surface area contributed by atoms with Crippen LogP contribution in [0.5, 0.6) is 0 Å². The second kappa shape index (κ2) is 3.89. The molecule has 4 nitrogen and oxygen atoms in total. The van der Waals surface area contributed by atoms with Crippen molar-refractivity contribution in [2.45, 2.75) is 38.4 Å². The van der Waals surface area contributed by atoms with E-state index in [-0.39, 0.29) is 12.5 Å². The first-order valence-corrected chi connectivity index (χ1v) is 5.45. The van der Waals surface area contributed by atoms with Gasteiger partial charge in [-0.25, -0.2) is 9.37 Å². The van der Waals surface area contributed by atoms with E-state index in [1.165, 1.54) is 6.33 Å². The Hall–Kier alpha value is -0.970. The molecule has 1 atom stereocenters. The van der Waals surface area contributed by atoms with Gasteiger partial charge >= 0.3 is 0 Å². The molecule has 0 amide bonds. The van der Waals surface area contributed by atoms with Crippen molar-refractivity contribution in [3.05, 3.63) is 12.2 Å². The minimum absolute atomic E-state index is 0.0776. The average Bonchev–Trinajstić information content (AvgIpc) is 3.01. The van der Waals surface area contributed by atoms with Crippen LogP contribution in [0.4, 0.5) is 4.39 Å². The maximum absolute atomic E-state index is 14.4. The summed E-state index contributed by atoms with van der Waals surface area (Å²) in [6, 6.07) is 0. The van der Waals surface area contributed by atoms with Gasteiger partial charge < -0.3 is 5.73 Å². The number of aryl methyl sites for hydroxylation is 1. The maximum atomic E-state index is 14.4. The fourth-order valence-corrected chi connectivity index (χ4v) is 1.94. The molecule has 0 bridgehead atoms. The summed E-state index contributed by atoms with van der Waals surface area (Å²) in [4.78, 5) is 4.09. The molecule has 1 aromatic rings.